The first-order valence-electron chi connectivity index (χ1n) is 7.01. The molecule has 0 spiro atoms. The van der Waals surface area contributed by atoms with Crippen LogP contribution in [0.2, 0.25) is 0 Å². The molecule has 0 saturated heterocycles. The second-order valence-corrected chi connectivity index (χ2v) is 6.54. The molecule has 1 aromatic carbocycles. The highest BCUT2D eigenvalue weighted by Gasteiger charge is 2.23. The van der Waals surface area contributed by atoms with Crippen LogP contribution in [0.4, 0.5) is 0 Å². The SMILES string of the molecule is CC(C)(C)[C@H](N)CN1CCc2ccccc2CC1. The van der Waals surface area contributed by atoms with Crippen molar-refractivity contribution in [1.29, 1.82) is 0 Å². The van der Waals surface area contributed by atoms with Crippen molar-refractivity contribution >= 4 is 0 Å². The molecule has 1 atom stereocenters. The Morgan fingerprint density at radius 2 is 1.61 bits per heavy atom. The topological polar surface area (TPSA) is 29.3 Å². The minimum Gasteiger partial charge on any atom is -0.326 e. The largest absolute Gasteiger partial charge is 0.326 e. The molecule has 0 bridgehead atoms. The molecule has 1 aromatic rings. The van der Waals surface area contributed by atoms with Gasteiger partial charge in [-0.3, -0.25) is 0 Å². The first kappa shape index (κ1) is 13.6. The van der Waals surface area contributed by atoms with E-state index in [1.807, 2.05) is 0 Å². The van der Waals surface area contributed by atoms with Crippen LogP contribution < -0.4 is 5.73 Å². The molecular formula is C16H26N2. The van der Waals surface area contributed by atoms with Gasteiger partial charge in [0, 0.05) is 25.7 Å². The van der Waals surface area contributed by atoms with Crippen molar-refractivity contribution in [3.63, 3.8) is 0 Å². The number of fused-ring (bicyclic) bond motifs is 1. The summed E-state index contributed by atoms with van der Waals surface area (Å²) in [5, 5.41) is 0. The van der Waals surface area contributed by atoms with Crippen LogP contribution in [0.3, 0.4) is 0 Å². The summed E-state index contributed by atoms with van der Waals surface area (Å²) < 4.78 is 0. The fourth-order valence-corrected chi connectivity index (χ4v) is 2.45. The standard InChI is InChI=1S/C16H26N2/c1-16(2,3)15(17)12-18-10-8-13-6-4-5-7-14(13)9-11-18/h4-7,15H,8-12,17H2,1-3H3/t15-/m1/s1. The molecule has 2 rings (SSSR count). The van der Waals surface area contributed by atoms with E-state index in [-0.39, 0.29) is 11.5 Å². The van der Waals surface area contributed by atoms with Crippen molar-refractivity contribution < 1.29 is 0 Å². The molecule has 2 nitrogen and oxygen atoms in total. The van der Waals surface area contributed by atoms with E-state index in [9.17, 15) is 0 Å². The number of rotatable bonds is 2. The van der Waals surface area contributed by atoms with Crippen molar-refractivity contribution in [2.24, 2.45) is 11.1 Å². The van der Waals surface area contributed by atoms with E-state index in [1.165, 1.54) is 11.1 Å². The first-order chi connectivity index (χ1) is 8.47. The number of benzene rings is 1. The van der Waals surface area contributed by atoms with Gasteiger partial charge in [0.15, 0.2) is 0 Å². The maximum atomic E-state index is 6.30. The Kier molecular flexibility index (Phi) is 4.08. The third-order valence-electron chi connectivity index (χ3n) is 4.08. The molecule has 1 aliphatic heterocycles. The van der Waals surface area contributed by atoms with Gasteiger partial charge in [0.25, 0.3) is 0 Å². The highest BCUT2D eigenvalue weighted by atomic mass is 15.1. The minimum absolute atomic E-state index is 0.194. The summed E-state index contributed by atoms with van der Waals surface area (Å²) in [5.41, 5.74) is 9.53. The number of hydrogen-bond acceptors (Lipinski definition) is 2. The Labute approximate surface area is 111 Å². The summed E-state index contributed by atoms with van der Waals surface area (Å²) in [7, 11) is 0. The van der Waals surface area contributed by atoms with Gasteiger partial charge in [0.2, 0.25) is 0 Å². The summed E-state index contributed by atoms with van der Waals surface area (Å²) >= 11 is 0. The summed E-state index contributed by atoms with van der Waals surface area (Å²) in [6, 6.07) is 9.08. The zero-order valence-corrected chi connectivity index (χ0v) is 11.9. The van der Waals surface area contributed by atoms with E-state index >= 15 is 0 Å². The molecule has 0 aromatic heterocycles. The molecular weight excluding hydrogens is 220 g/mol. The molecule has 1 heterocycles. The van der Waals surface area contributed by atoms with Gasteiger partial charge in [-0.05, 0) is 29.4 Å². The van der Waals surface area contributed by atoms with E-state index in [0.717, 1.165) is 32.5 Å². The Morgan fingerprint density at radius 1 is 1.11 bits per heavy atom. The molecule has 0 amide bonds. The minimum atomic E-state index is 0.194. The van der Waals surface area contributed by atoms with Crippen molar-refractivity contribution in [2.45, 2.75) is 39.7 Å². The second kappa shape index (κ2) is 5.41. The third kappa shape index (κ3) is 3.33. The highest BCUT2D eigenvalue weighted by Crippen LogP contribution is 2.20. The van der Waals surface area contributed by atoms with Crippen LogP contribution in [0.25, 0.3) is 0 Å². The fourth-order valence-electron chi connectivity index (χ4n) is 2.45. The number of hydrogen-bond donors (Lipinski definition) is 1. The van der Waals surface area contributed by atoms with Crippen LogP contribution in [0.15, 0.2) is 24.3 Å². The summed E-state index contributed by atoms with van der Waals surface area (Å²) in [4.78, 5) is 2.52. The van der Waals surface area contributed by atoms with Gasteiger partial charge in [0.05, 0.1) is 0 Å². The molecule has 1 aliphatic rings. The van der Waals surface area contributed by atoms with E-state index < -0.39 is 0 Å². The van der Waals surface area contributed by atoms with E-state index in [0.29, 0.717) is 0 Å². The zero-order valence-electron chi connectivity index (χ0n) is 11.9. The van der Waals surface area contributed by atoms with Gasteiger partial charge in [-0.1, -0.05) is 45.0 Å². The molecule has 2 heteroatoms. The second-order valence-electron chi connectivity index (χ2n) is 6.54. The average molecular weight is 246 g/mol. The molecule has 0 aliphatic carbocycles. The van der Waals surface area contributed by atoms with Crippen molar-refractivity contribution in [3.8, 4) is 0 Å². The lowest BCUT2D eigenvalue weighted by atomic mass is 9.87. The Morgan fingerprint density at radius 3 is 2.06 bits per heavy atom. The maximum Gasteiger partial charge on any atom is 0.0217 e. The smallest absolute Gasteiger partial charge is 0.0217 e. The highest BCUT2D eigenvalue weighted by molar-refractivity contribution is 5.28. The predicted octanol–water partition coefficient (Wildman–Crippen LogP) is 2.46. The third-order valence-corrected chi connectivity index (χ3v) is 4.08. The lowest BCUT2D eigenvalue weighted by Crippen LogP contribution is -2.46. The van der Waals surface area contributed by atoms with E-state index in [1.54, 1.807) is 0 Å². The average Bonchev–Trinajstić information content (AvgIpc) is 2.51. The van der Waals surface area contributed by atoms with Gasteiger partial charge in [0.1, 0.15) is 0 Å². The van der Waals surface area contributed by atoms with Gasteiger partial charge < -0.3 is 10.6 Å². The summed E-state index contributed by atoms with van der Waals surface area (Å²) in [6.45, 7) is 9.97. The molecule has 18 heavy (non-hydrogen) atoms. The van der Waals surface area contributed by atoms with Gasteiger partial charge >= 0.3 is 0 Å². The van der Waals surface area contributed by atoms with Crippen LogP contribution in [-0.4, -0.2) is 30.6 Å². The molecule has 0 radical (unpaired) electrons. The van der Waals surface area contributed by atoms with Gasteiger partial charge in [-0.15, -0.1) is 0 Å². The molecule has 2 N–H and O–H groups in total. The summed E-state index contributed by atoms with van der Waals surface area (Å²) in [6.07, 6.45) is 2.32. The molecule has 0 unspecified atom stereocenters. The van der Waals surface area contributed by atoms with Gasteiger partial charge in [-0.2, -0.15) is 0 Å². The van der Waals surface area contributed by atoms with Crippen LogP contribution in [0.1, 0.15) is 31.9 Å². The number of nitrogens with two attached hydrogens (primary N) is 1. The van der Waals surface area contributed by atoms with Crippen molar-refractivity contribution in [2.75, 3.05) is 19.6 Å². The van der Waals surface area contributed by atoms with Crippen LogP contribution >= 0.6 is 0 Å². The number of nitrogens with zero attached hydrogens (tertiary/aromatic N) is 1. The Balaban J connectivity index is 1.96. The predicted molar refractivity (Wildman–Crippen MR) is 77.7 cm³/mol. The lowest BCUT2D eigenvalue weighted by Gasteiger charge is -2.32. The van der Waals surface area contributed by atoms with Crippen molar-refractivity contribution in [3.05, 3.63) is 35.4 Å². The molecule has 0 fully saturated rings. The van der Waals surface area contributed by atoms with Crippen LogP contribution in [0.5, 0.6) is 0 Å². The molecule has 100 valence electrons. The van der Waals surface area contributed by atoms with Crippen LogP contribution in [-0.2, 0) is 12.8 Å². The van der Waals surface area contributed by atoms with Crippen molar-refractivity contribution in [1.82, 2.24) is 4.90 Å². The quantitative estimate of drug-likeness (QED) is 0.868. The first-order valence-corrected chi connectivity index (χ1v) is 7.01. The molecule has 0 saturated carbocycles. The van der Waals surface area contributed by atoms with Crippen LogP contribution in [0, 0.1) is 5.41 Å². The normalized spacial score (nSPS) is 19.1. The fraction of sp³-hybridized carbons (Fsp3) is 0.625. The van der Waals surface area contributed by atoms with E-state index in [4.69, 9.17) is 5.73 Å². The maximum absolute atomic E-state index is 6.30. The van der Waals surface area contributed by atoms with E-state index in [2.05, 4.69) is 49.9 Å². The zero-order chi connectivity index (χ0) is 13.2. The monoisotopic (exact) mass is 246 g/mol. The summed E-state index contributed by atoms with van der Waals surface area (Å²) in [5.74, 6) is 0. The van der Waals surface area contributed by atoms with Gasteiger partial charge in [-0.25, -0.2) is 0 Å². The lowest BCUT2D eigenvalue weighted by molar-refractivity contribution is 0.205. The Hall–Kier alpha value is -0.860. The Bertz CT molecular complexity index is 365.